The largest absolute Gasteiger partial charge is 0.472 e. The summed E-state index contributed by atoms with van der Waals surface area (Å²) in [6, 6.07) is 1.83. The Morgan fingerprint density at radius 2 is 2.38 bits per heavy atom. The molecule has 13 heavy (non-hydrogen) atoms. The van der Waals surface area contributed by atoms with Crippen molar-refractivity contribution in [2.75, 3.05) is 0 Å². The third-order valence-corrected chi connectivity index (χ3v) is 1.79. The first-order chi connectivity index (χ1) is 6.27. The Kier molecular flexibility index (Phi) is 1.77. The van der Waals surface area contributed by atoms with Gasteiger partial charge >= 0.3 is 0 Å². The Bertz CT molecular complexity index is 412. The van der Waals surface area contributed by atoms with Crippen LogP contribution in [0.4, 0.5) is 0 Å². The van der Waals surface area contributed by atoms with Crippen LogP contribution in [0.2, 0.25) is 0 Å². The predicted molar refractivity (Wildman–Crippen MR) is 48.1 cm³/mol. The van der Waals surface area contributed by atoms with Gasteiger partial charge in [-0.1, -0.05) is 6.58 Å². The molecule has 0 N–H and O–H groups in total. The van der Waals surface area contributed by atoms with Gasteiger partial charge in [-0.05, 0) is 6.07 Å². The molecule has 0 radical (unpaired) electrons. The zero-order valence-corrected chi connectivity index (χ0v) is 7.28. The summed E-state index contributed by atoms with van der Waals surface area (Å²) in [4.78, 5) is 3.99. The SMILES string of the molecule is C=C(c1ccoc1)c1cnc(C)o1. The molecular formula is C10H9NO2. The van der Waals surface area contributed by atoms with Crippen molar-refractivity contribution in [1.82, 2.24) is 4.98 Å². The fraction of sp³-hybridized carbons (Fsp3) is 0.100. The molecule has 2 aromatic heterocycles. The Morgan fingerprint density at radius 1 is 1.54 bits per heavy atom. The lowest BCUT2D eigenvalue weighted by Crippen LogP contribution is -1.78. The lowest BCUT2D eigenvalue weighted by atomic mass is 10.1. The highest BCUT2D eigenvalue weighted by atomic mass is 16.4. The standard InChI is InChI=1S/C10H9NO2/c1-7(9-3-4-12-6-9)10-5-11-8(2)13-10/h3-6H,1H2,2H3. The fourth-order valence-electron chi connectivity index (χ4n) is 1.08. The second-order valence-electron chi connectivity index (χ2n) is 2.73. The molecule has 2 aromatic rings. The molecule has 0 saturated carbocycles. The number of furan rings is 1. The molecule has 0 fully saturated rings. The van der Waals surface area contributed by atoms with Gasteiger partial charge in [-0.3, -0.25) is 0 Å². The van der Waals surface area contributed by atoms with Crippen LogP contribution in [0, 0.1) is 6.92 Å². The normalized spacial score (nSPS) is 10.2. The summed E-state index contributed by atoms with van der Waals surface area (Å²) in [5.41, 5.74) is 1.70. The minimum Gasteiger partial charge on any atom is -0.472 e. The molecule has 0 saturated heterocycles. The van der Waals surface area contributed by atoms with Gasteiger partial charge in [0.1, 0.15) is 0 Å². The minimum absolute atomic E-state index is 0.639. The van der Waals surface area contributed by atoms with Crippen molar-refractivity contribution in [2.45, 2.75) is 6.92 Å². The van der Waals surface area contributed by atoms with Gasteiger partial charge in [0.15, 0.2) is 11.7 Å². The van der Waals surface area contributed by atoms with E-state index in [1.165, 1.54) is 0 Å². The number of rotatable bonds is 2. The molecule has 0 spiro atoms. The van der Waals surface area contributed by atoms with Crippen molar-refractivity contribution in [1.29, 1.82) is 0 Å². The van der Waals surface area contributed by atoms with E-state index in [0.29, 0.717) is 11.7 Å². The Morgan fingerprint density at radius 3 is 2.92 bits per heavy atom. The zero-order chi connectivity index (χ0) is 9.26. The lowest BCUT2D eigenvalue weighted by Gasteiger charge is -1.94. The number of aromatic nitrogens is 1. The van der Waals surface area contributed by atoms with E-state index in [1.807, 2.05) is 6.07 Å². The van der Waals surface area contributed by atoms with Crippen LogP contribution in [0.3, 0.4) is 0 Å². The van der Waals surface area contributed by atoms with Gasteiger partial charge in [-0.15, -0.1) is 0 Å². The van der Waals surface area contributed by atoms with Crippen LogP contribution in [-0.2, 0) is 0 Å². The second-order valence-corrected chi connectivity index (χ2v) is 2.73. The lowest BCUT2D eigenvalue weighted by molar-refractivity contribution is 0.510. The summed E-state index contributed by atoms with van der Waals surface area (Å²) >= 11 is 0. The van der Waals surface area contributed by atoms with E-state index in [0.717, 1.165) is 11.1 Å². The van der Waals surface area contributed by atoms with E-state index < -0.39 is 0 Å². The van der Waals surface area contributed by atoms with E-state index in [4.69, 9.17) is 8.83 Å². The summed E-state index contributed by atoms with van der Waals surface area (Å²) in [7, 11) is 0. The van der Waals surface area contributed by atoms with Crippen LogP contribution in [0.15, 0.2) is 40.2 Å². The van der Waals surface area contributed by atoms with Crippen LogP contribution in [0.25, 0.3) is 5.57 Å². The molecule has 0 atom stereocenters. The Labute approximate surface area is 75.7 Å². The minimum atomic E-state index is 0.639. The van der Waals surface area contributed by atoms with E-state index in [-0.39, 0.29) is 0 Å². The van der Waals surface area contributed by atoms with E-state index in [1.54, 1.807) is 25.6 Å². The maximum Gasteiger partial charge on any atom is 0.191 e. The van der Waals surface area contributed by atoms with Gasteiger partial charge in [0.05, 0.1) is 18.7 Å². The van der Waals surface area contributed by atoms with Gasteiger partial charge in [-0.25, -0.2) is 4.98 Å². The maximum atomic E-state index is 5.32. The molecular weight excluding hydrogens is 166 g/mol. The van der Waals surface area contributed by atoms with Crippen LogP contribution >= 0.6 is 0 Å². The smallest absolute Gasteiger partial charge is 0.191 e. The Balaban J connectivity index is 2.33. The number of oxazole rings is 1. The number of aryl methyl sites for hydroxylation is 1. The van der Waals surface area contributed by atoms with Crippen LogP contribution < -0.4 is 0 Å². The third kappa shape index (κ3) is 1.40. The summed E-state index contributed by atoms with van der Waals surface area (Å²) in [6.07, 6.45) is 4.88. The maximum absolute atomic E-state index is 5.32. The Hall–Kier alpha value is -1.77. The molecule has 2 rings (SSSR count). The third-order valence-electron chi connectivity index (χ3n) is 1.79. The first kappa shape index (κ1) is 7.86. The fourth-order valence-corrected chi connectivity index (χ4v) is 1.08. The van der Waals surface area contributed by atoms with E-state index in [2.05, 4.69) is 11.6 Å². The van der Waals surface area contributed by atoms with Crippen LogP contribution in [0.5, 0.6) is 0 Å². The van der Waals surface area contributed by atoms with Gasteiger partial charge in [0.2, 0.25) is 0 Å². The van der Waals surface area contributed by atoms with Crippen LogP contribution in [0.1, 0.15) is 17.2 Å². The first-order valence-electron chi connectivity index (χ1n) is 3.91. The highest BCUT2D eigenvalue weighted by Crippen LogP contribution is 2.21. The molecule has 66 valence electrons. The molecule has 0 bridgehead atoms. The number of nitrogens with zero attached hydrogens (tertiary/aromatic N) is 1. The molecule has 0 unspecified atom stereocenters. The summed E-state index contributed by atoms with van der Waals surface area (Å²) in [6.45, 7) is 5.68. The summed E-state index contributed by atoms with van der Waals surface area (Å²) in [5, 5.41) is 0. The molecule has 0 aliphatic carbocycles. The van der Waals surface area contributed by atoms with Crippen molar-refractivity contribution in [3.63, 3.8) is 0 Å². The average Bonchev–Trinajstić information content (AvgIpc) is 2.72. The van der Waals surface area contributed by atoms with Crippen molar-refractivity contribution in [3.8, 4) is 0 Å². The van der Waals surface area contributed by atoms with Crippen molar-refractivity contribution >= 4 is 5.57 Å². The monoisotopic (exact) mass is 175 g/mol. The molecule has 3 heteroatoms. The summed E-state index contributed by atoms with van der Waals surface area (Å²) < 4.78 is 10.3. The predicted octanol–water partition coefficient (Wildman–Crippen LogP) is 2.64. The van der Waals surface area contributed by atoms with Crippen molar-refractivity contribution < 1.29 is 8.83 Å². The van der Waals surface area contributed by atoms with E-state index in [9.17, 15) is 0 Å². The van der Waals surface area contributed by atoms with Gasteiger partial charge in [-0.2, -0.15) is 0 Å². The summed E-state index contributed by atoms with van der Waals surface area (Å²) in [5.74, 6) is 1.32. The van der Waals surface area contributed by atoms with Gasteiger partial charge < -0.3 is 8.83 Å². The molecule has 0 aliphatic rings. The second kappa shape index (κ2) is 2.94. The van der Waals surface area contributed by atoms with E-state index >= 15 is 0 Å². The van der Waals surface area contributed by atoms with Crippen molar-refractivity contribution in [2.24, 2.45) is 0 Å². The number of hydrogen-bond donors (Lipinski definition) is 0. The van der Waals surface area contributed by atoms with Gasteiger partial charge in [0.25, 0.3) is 0 Å². The van der Waals surface area contributed by atoms with Gasteiger partial charge in [0, 0.05) is 18.1 Å². The molecule has 3 nitrogen and oxygen atoms in total. The zero-order valence-electron chi connectivity index (χ0n) is 7.28. The van der Waals surface area contributed by atoms with Crippen molar-refractivity contribution in [3.05, 3.63) is 48.6 Å². The highest BCUT2D eigenvalue weighted by molar-refractivity contribution is 5.74. The molecule has 0 aliphatic heterocycles. The molecule has 0 aromatic carbocycles. The topological polar surface area (TPSA) is 39.2 Å². The molecule has 2 heterocycles. The quantitative estimate of drug-likeness (QED) is 0.704. The molecule has 0 amide bonds. The van der Waals surface area contributed by atoms with Crippen LogP contribution in [-0.4, -0.2) is 4.98 Å². The average molecular weight is 175 g/mol. The highest BCUT2D eigenvalue weighted by Gasteiger charge is 2.07. The first-order valence-corrected chi connectivity index (χ1v) is 3.91. The number of hydrogen-bond acceptors (Lipinski definition) is 3.